The Morgan fingerprint density at radius 2 is 1.69 bits per heavy atom. The third-order valence-electron chi connectivity index (χ3n) is 5.40. The summed E-state index contributed by atoms with van der Waals surface area (Å²) in [5.41, 5.74) is 4.60. The van der Waals surface area contributed by atoms with E-state index in [1.165, 1.54) is 4.90 Å². The van der Waals surface area contributed by atoms with Gasteiger partial charge in [0.25, 0.3) is 0 Å². The monoisotopic (exact) mass is 413 g/mol. The number of hydrogen-bond donors (Lipinski definition) is 1. The molecule has 0 bridgehead atoms. The minimum Gasteiger partial charge on any atom is -0.480 e. The van der Waals surface area contributed by atoms with Crippen molar-refractivity contribution in [2.75, 3.05) is 25.2 Å². The first-order valence-electron chi connectivity index (χ1n) is 9.91. The molecule has 1 aliphatic rings. The van der Waals surface area contributed by atoms with Crippen molar-refractivity contribution in [3.63, 3.8) is 0 Å². The van der Waals surface area contributed by atoms with E-state index in [-0.39, 0.29) is 12.5 Å². The van der Waals surface area contributed by atoms with Gasteiger partial charge in [0.05, 0.1) is 0 Å². The fourth-order valence-corrected chi connectivity index (χ4v) is 4.44. The van der Waals surface area contributed by atoms with E-state index >= 15 is 0 Å². The Kier molecular flexibility index (Phi) is 7.20. The van der Waals surface area contributed by atoms with Gasteiger partial charge in [0, 0.05) is 12.5 Å². The predicted molar refractivity (Wildman–Crippen MR) is 116 cm³/mol. The number of benzene rings is 2. The second-order valence-electron chi connectivity index (χ2n) is 7.08. The van der Waals surface area contributed by atoms with Gasteiger partial charge in [-0.1, -0.05) is 48.5 Å². The van der Waals surface area contributed by atoms with Gasteiger partial charge in [-0.25, -0.2) is 9.59 Å². The SMILES string of the molecule is CCN(C(=O)OCC1c2ccccc2-c2ccccc21)C(CCCSC)C(=O)O. The minimum absolute atomic E-state index is 0.0372. The number of ether oxygens (including phenoxy) is 1. The highest BCUT2D eigenvalue weighted by Gasteiger charge is 2.32. The first-order chi connectivity index (χ1) is 14.1. The molecule has 3 rings (SSSR count). The van der Waals surface area contributed by atoms with Crippen LogP contribution in [0.15, 0.2) is 48.5 Å². The molecule has 1 atom stereocenters. The van der Waals surface area contributed by atoms with E-state index < -0.39 is 18.1 Å². The zero-order chi connectivity index (χ0) is 20.8. The van der Waals surface area contributed by atoms with Gasteiger partial charge in [-0.05, 0) is 54.0 Å². The highest BCUT2D eigenvalue weighted by molar-refractivity contribution is 7.98. The fraction of sp³-hybridized carbons (Fsp3) is 0.391. The van der Waals surface area contributed by atoms with Gasteiger partial charge in [0.2, 0.25) is 0 Å². The average molecular weight is 414 g/mol. The smallest absolute Gasteiger partial charge is 0.410 e. The number of carboxylic acids is 1. The molecular weight excluding hydrogens is 386 g/mol. The summed E-state index contributed by atoms with van der Waals surface area (Å²) >= 11 is 1.67. The Balaban J connectivity index is 1.73. The van der Waals surface area contributed by atoms with Crippen LogP contribution in [0.1, 0.15) is 36.8 Å². The van der Waals surface area contributed by atoms with Crippen LogP contribution in [0.25, 0.3) is 11.1 Å². The van der Waals surface area contributed by atoms with E-state index in [0.29, 0.717) is 13.0 Å². The summed E-state index contributed by atoms with van der Waals surface area (Å²) in [6.45, 7) is 2.28. The van der Waals surface area contributed by atoms with Crippen molar-refractivity contribution in [3.05, 3.63) is 59.7 Å². The van der Waals surface area contributed by atoms with E-state index in [9.17, 15) is 14.7 Å². The van der Waals surface area contributed by atoms with Crippen LogP contribution in [0.3, 0.4) is 0 Å². The number of thioether (sulfide) groups is 1. The number of likely N-dealkylation sites (N-methyl/N-ethyl adjacent to an activating group) is 1. The summed E-state index contributed by atoms with van der Waals surface area (Å²) in [6, 6.07) is 15.4. The van der Waals surface area contributed by atoms with Crippen LogP contribution in [0.2, 0.25) is 0 Å². The maximum Gasteiger partial charge on any atom is 0.410 e. The van der Waals surface area contributed by atoms with Gasteiger partial charge in [-0.2, -0.15) is 11.8 Å². The molecule has 1 amide bonds. The summed E-state index contributed by atoms with van der Waals surface area (Å²) in [7, 11) is 0. The van der Waals surface area contributed by atoms with Crippen molar-refractivity contribution >= 4 is 23.8 Å². The van der Waals surface area contributed by atoms with Crippen molar-refractivity contribution in [1.82, 2.24) is 4.90 Å². The van der Waals surface area contributed by atoms with Crippen LogP contribution >= 0.6 is 11.8 Å². The van der Waals surface area contributed by atoms with E-state index in [0.717, 1.165) is 34.4 Å². The minimum atomic E-state index is -0.985. The molecule has 6 heteroatoms. The number of fused-ring (bicyclic) bond motifs is 3. The summed E-state index contributed by atoms with van der Waals surface area (Å²) in [5.74, 6) is -0.155. The van der Waals surface area contributed by atoms with Gasteiger partial charge >= 0.3 is 12.1 Å². The number of rotatable bonds is 9. The Hall–Kier alpha value is -2.47. The highest BCUT2D eigenvalue weighted by Crippen LogP contribution is 2.44. The lowest BCUT2D eigenvalue weighted by atomic mass is 9.98. The standard InChI is InChI=1S/C23H27NO4S/c1-3-24(21(22(25)26)13-8-14-29-2)23(27)28-15-20-18-11-6-4-9-16(18)17-10-5-7-12-19(17)20/h4-7,9-12,20-21H,3,8,13-15H2,1-2H3,(H,25,26). The van der Waals surface area contributed by atoms with E-state index in [1.807, 2.05) is 30.5 Å². The zero-order valence-corrected chi connectivity index (χ0v) is 17.7. The normalized spacial score (nSPS) is 13.4. The maximum absolute atomic E-state index is 12.8. The van der Waals surface area contributed by atoms with Gasteiger partial charge in [-0.3, -0.25) is 4.90 Å². The van der Waals surface area contributed by atoms with E-state index in [1.54, 1.807) is 18.7 Å². The molecule has 0 aromatic heterocycles. The average Bonchev–Trinajstić information content (AvgIpc) is 3.05. The lowest BCUT2D eigenvalue weighted by Crippen LogP contribution is -2.45. The Labute approximate surface area is 176 Å². The molecule has 0 fully saturated rings. The molecular formula is C23H27NO4S. The van der Waals surface area contributed by atoms with Crippen molar-refractivity contribution < 1.29 is 19.4 Å². The molecule has 1 unspecified atom stereocenters. The second-order valence-corrected chi connectivity index (χ2v) is 8.06. The number of aliphatic carboxylic acids is 1. The number of carbonyl (C=O) groups excluding carboxylic acids is 1. The van der Waals surface area contributed by atoms with Crippen LogP contribution < -0.4 is 0 Å². The summed E-state index contributed by atoms with van der Waals surface area (Å²) in [6.07, 6.45) is 2.59. The lowest BCUT2D eigenvalue weighted by molar-refractivity contribution is -0.143. The summed E-state index contributed by atoms with van der Waals surface area (Å²) in [4.78, 5) is 25.8. The Morgan fingerprint density at radius 1 is 1.10 bits per heavy atom. The summed E-state index contributed by atoms with van der Waals surface area (Å²) in [5, 5.41) is 9.61. The molecule has 0 heterocycles. The fourth-order valence-electron chi connectivity index (χ4n) is 3.99. The zero-order valence-electron chi connectivity index (χ0n) is 16.8. The van der Waals surface area contributed by atoms with Crippen molar-refractivity contribution in [1.29, 1.82) is 0 Å². The number of carbonyl (C=O) groups is 2. The molecule has 5 nitrogen and oxygen atoms in total. The molecule has 0 spiro atoms. The van der Waals surface area contributed by atoms with E-state index in [4.69, 9.17) is 4.74 Å². The molecule has 0 saturated carbocycles. The number of hydrogen-bond acceptors (Lipinski definition) is 4. The highest BCUT2D eigenvalue weighted by atomic mass is 32.2. The molecule has 1 N–H and O–H groups in total. The van der Waals surface area contributed by atoms with Crippen LogP contribution in [-0.4, -0.2) is 53.3 Å². The van der Waals surface area contributed by atoms with Crippen molar-refractivity contribution in [2.45, 2.75) is 31.7 Å². The quantitative estimate of drug-likeness (QED) is 0.595. The molecule has 2 aromatic rings. The molecule has 0 aliphatic heterocycles. The molecule has 0 radical (unpaired) electrons. The number of carboxylic acid groups (broad SMARTS) is 1. The van der Waals surface area contributed by atoms with Crippen molar-refractivity contribution in [2.24, 2.45) is 0 Å². The van der Waals surface area contributed by atoms with E-state index in [2.05, 4.69) is 24.3 Å². The van der Waals surface area contributed by atoms with Crippen LogP contribution in [0, 0.1) is 0 Å². The molecule has 0 saturated heterocycles. The Bertz CT molecular complexity index is 824. The largest absolute Gasteiger partial charge is 0.480 e. The second kappa shape index (κ2) is 9.83. The molecule has 1 aliphatic carbocycles. The summed E-state index contributed by atoms with van der Waals surface area (Å²) < 4.78 is 5.65. The molecule has 154 valence electrons. The van der Waals surface area contributed by atoms with Gasteiger partial charge in [0.15, 0.2) is 0 Å². The first kappa shape index (κ1) is 21.2. The van der Waals surface area contributed by atoms with Gasteiger partial charge in [0.1, 0.15) is 12.6 Å². The third kappa shape index (κ3) is 4.58. The number of amides is 1. The lowest BCUT2D eigenvalue weighted by Gasteiger charge is -2.27. The third-order valence-corrected chi connectivity index (χ3v) is 6.10. The predicted octanol–water partition coefficient (Wildman–Crippen LogP) is 4.85. The maximum atomic E-state index is 12.8. The van der Waals surface area contributed by atoms with Gasteiger partial charge < -0.3 is 9.84 Å². The van der Waals surface area contributed by atoms with Crippen LogP contribution in [0.5, 0.6) is 0 Å². The number of nitrogens with zero attached hydrogens (tertiary/aromatic N) is 1. The van der Waals surface area contributed by atoms with Crippen LogP contribution in [-0.2, 0) is 9.53 Å². The van der Waals surface area contributed by atoms with Crippen molar-refractivity contribution in [3.8, 4) is 11.1 Å². The Morgan fingerprint density at radius 3 is 2.21 bits per heavy atom. The first-order valence-corrected chi connectivity index (χ1v) is 11.3. The molecule has 2 aromatic carbocycles. The van der Waals surface area contributed by atoms with Crippen LogP contribution in [0.4, 0.5) is 4.79 Å². The molecule has 29 heavy (non-hydrogen) atoms. The van der Waals surface area contributed by atoms with Gasteiger partial charge in [-0.15, -0.1) is 0 Å². The topological polar surface area (TPSA) is 66.8 Å².